The number of aromatic nitrogens is 3. The molecule has 7 nitrogen and oxygen atoms in total. The Balaban J connectivity index is 1.83. The van der Waals surface area contributed by atoms with Gasteiger partial charge in [0.1, 0.15) is 6.33 Å². The number of alkyl halides is 6. The third kappa shape index (κ3) is 4.73. The van der Waals surface area contributed by atoms with Gasteiger partial charge in [0.25, 0.3) is 5.91 Å². The van der Waals surface area contributed by atoms with Gasteiger partial charge < -0.3 is 0 Å². The second-order valence-electron chi connectivity index (χ2n) is 5.93. The standard InChI is InChI=1S/C16H11F6N5O2/c17-15(18,19)10-5-9(6-11(7-10)16(20,21)22)14-23-8-26(25-14)3-1-12(28)24-27-4-2-13(27)29/h1,3,5-8H,2,4H2,(H,24,28)/b3-1-. The molecule has 1 aliphatic rings. The molecule has 2 heterocycles. The summed E-state index contributed by atoms with van der Waals surface area (Å²) in [5.74, 6) is -1.34. The number of nitrogens with zero attached hydrogens (tertiary/aromatic N) is 4. The van der Waals surface area contributed by atoms with Gasteiger partial charge in [-0.3, -0.25) is 20.0 Å². The molecule has 1 saturated heterocycles. The van der Waals surface area contributed by atoms with Crippen LogP contribution in [0.4, 0.5) is 26.3 Å². The number of carbonyl (C=O) groups excluding carboxylic acids is 2. The van der Waals surface area contributed by atoms with Gasteiger partial charge in [0.15, 0.2) is 5.82 Å². The van der Waals surface area contributed by atoms with Gasteiger partial charge in [0.05, 0.1) is 17.7 Å². The monoisotopic (exact) mass is 419 g/mol. The van der Waals surface area contributed by atoms with Gasteiger partial charge in [-0.05, 0) is 18.2 Å². The summed E-state index contributed by atoms with van der Waals surface area (Å²) in [5.41, 5.74) is -1.21. The molecule has 0 spiro atoms. The van der Waals surface area contributed by atoms with Gasteiger partial charge >= 0.3 is 12.4 Å². The second kappa shape index (κ2) is 7.22. The second-order valence-corrected chi connectivity index (χ2v) is 5.93. The molecule has 13 heteroatoms. The molecule has 1 fully saturated rings. The summed E-state index contributed by atoms with van der Waals surface area (Å²) in [7, 11) is 0. The largest absolute Gasteiger partial charge is 0.416 e. The number of rotatable bonds is 4. The fourth-order valence-corrected chi connectivity index (χ4v) is 2.31. The number of amides is 2. The van der Waals surface area contributed by atoms with Crippen molar-refractivity contribution in [3.8, 4) is 11.4 Å². The van der Waals surface area contributed by atoms with Crippen LogP contribution in [0.15, 0.2) is 30.6 Å². The van der Waals surface area contributed by atoms with Crippen molar-refractivity contribution in [3.05, 3.63) is 41.7 Å². The predicted molar refractivity (Wildman–Crippen MR) is 85.3 cm³/mol. The molecule has 1 aromatic heterocycles. The first-order valence-electron chi connectivity index (χ1n) is 7.94. The zero-order chi connectivity index (χ0) is 21.4. The maximum Gasteiger partial charge on any atom is 0.416 e. The molecular formula is C16H11F6N5O2. The lowest BCUT2D eigenvalue weighted by Crippen LogP contribution is -2.53. The molecule has 1 aliphatic heterocycles. The van der Waals surface area contributed by atoms with Crippen molar-refractivity contribution in [1.82, 2.24) is 25.2 Å². The van der Waals surface area contributed by atoms with Gasteiger partial charge in [0, 0.05) is 24.3 Å². The van der Waals surface area contributed by atoms with E-state index in [4.69, 9.17) is 0 Å². The summed E-state index contributed by atoms with van der Waals surface area (Å²) in [6.07, 6.45) is -6.63. The number of nitrogens with one attached hydrogen (secondary N) is 1. The van der Waals surface area contributed by atoms with E-state index >= 15 is 0 Å². The van der Waals surface area contributed by atoms with Crippen LogP contribution >= 0.6 is 0 Å². The van der Waals surface area contributed by atoms with Crippen molar-refractivity contribution < 1.29 is 35.9 Å². The zero-order valence-corrected chi connectivity index (χ0v) is 14.3. The number of hydrazine groups is 1. The summed E-state index contributed by atoms with van der Waals surface area (Å²) >= 11 is 0. The maximum absolute atomic E-state index is 12.9. The Bertz CT molecular complexity index is 947. The van der Waals surface area contributed by atoms with E-state index in [-0.39, 0.29) is 12.0 Å². The first-order valence-corrected chi connectivity index (χ1v) is 7.94. The molecular weight excluding hydrogens is 408 g/mol. The molecule has 0 unspecified atom stereocenters. The molecule has 154 valence electrons. The fraction of sp³-hybridized carbons (Fsp3) is 0.250. The van der Waals surface area contributed by atoms with Crippen LogP contribution in [0.5, 0.6) is 0 Å². The highest BCUT2D eigenvalue weighted by Crippen LogP contribution is 2.38. The third-order valence-corrected chi connectivity index (χ3v) is 3.83. The van der Waals surface area contributed by atoms with Crippen molar-refractivity contribution in [1.29, 1.82) is 0 Å². The topological polar surface area (TPSA) is 80.1 Å². The van der Waals surface area contributed by atoms with E-state index in [1.807, 2.05) is 0 Å². The smallest absolute Gasteiger partial charge is 0.273 e. The van der Waals surface area contributed by atoms with Gasteiger partial charge in [-0.1, -0.05) is 0 Å². The highest BCUT2D eigenvalue weighted by Gasteiger charge is 2.37. The van der Waals surface area contributed by atoms with Crippen molar-refractivity contribution in [2.24, 2.45) is 0 Å². The Morgan fingerprint density at radius 1 is 1.07 bits per heavy atom. The normalized spacial score (nSPS) is 15.0. The predicted octanol–water partition coefficient (Wildman–Crippen LogP) is 2.72. The lowest BCUT2D eigenvalue weighted by atomic mass is 10.0. The van der Waals surface area contributed by atoms with Gasteiger partial charge in [-0.15, -0.1) is 5.10 Å². The molecule has 0 radical (unpaired) electrons. The third-order valence-electron chi connectivity index (χ3n) is 3.83. The number of halogens is 6. The molecule has 0 aliphatic carbocycles. The lowest BCUT2D eigenvalue weighted by Gasteiger charge is -2.29. The average molecular weight is 419 g/mol. The van der Waals surface area contributed by atoms with Gasteiger partial charge in [-0.25, -0.2) is 9.67 Å². The first-order chi connectivity index (χ1) is 13.4. The summed E-state index contributed by atoms with van der Waals surface area (Å²) in [5, 5.41) is 4.83. The van der Waals surface area contributed by atoms with E-state index < -0.39 is 40.8 Å². The summed E-state index contributed by atoms with van der Waals surface area (Å²) < 4.78 is 78.5. The Morgan fingerprint density at radius 3 is 2.17 bits per heavy atom. The Hall–Kier alpha value is -3.38. The van der Waals surface area contributed by atoms with Crippen LogP contribution in [0, 0.1) is 0 Å². The Morgan fingerprint density at radius 2 is 1.69 bits per heavy atom. The van der Waals surface area contributed by atoms with E-state index in [0.717, 1.165) is 28.3 Å². The highest BCUT2D eigenvalue weighted by molar-refractivity contribution is 5.92. The highest BCUT2D eigenvalue weighted by atomic mass is 19.4. The molecule has 0 saturated carbocycles. The SMILES string of the molecule is O=C(/C=C\n1cnc(-c2cc(C(F)(F)F)cc(C(F)(F)F)c2)n1)NN1CCC1=O. The quantitative estimate of drug-likeness (QED) is 0.470. The molecule has 1 aromatic carbocycles. The lowest BCUT2D eigenvalue weighted by molar-refractivity contribution is -0.148. The minimum absolute atomic E-state index is 0.00180. The Kier molecular flexibility index (Phi) is 5.07. The van der Waals surface area contributed by atoms with E-state index in [9.17, 15) is 35.9 Å². The van der Waals surface area contributed by atoms with E-state index in [2.05, 4.69) is 15.5 Å². The molecule has 29 heavy (non-hydrogen) atoms. The summed E-state index contributed by atoms with van der Waals surface area (Å²) in [6, 6.07) is 1.00. The van der Waals surface area contributed by atoms with Crippen molar-refractivity contribution in [2.75, 3.05) is 6.54 Å². The minimum Gasteiger partial charge on any atom is -0.273 e. The molecule has 2 aromatic rings. The first kappa shape index (κ1) is 20.4. The number of benzene rings is 1. The van der Waals surface area contributed by atoms with Crippen molar-refractivity contribution in [3.63, 3.8) is 0 Å². The zero-order valence-electron chi connectivity index (χ0n) is 14.3. The summed E-state index contributed by atoms with van der Waals surface area (Å²) in [4.78, 5) is 26.4. The summed E-state index contributed by atoms with van der Waals surface area (Å²) in [6.45, 7) is 0.364. The maximum atomic E-state index is 12.9. The van der Waals surface area contributed by atoms with Crippen LogP contribution in [0.3, 0.4) is 0 Å². The van der Waals surface area contributed by atoms with Crippen molar-refractivity contribution in [2.45, 2.75) is 18.8 Å². The van der Waals surface area contributed by atoms with E-state index in [0.29, 0.717) is 25.1 Å². The average Bonchev–Trinajstić information content (AvgIpc) is 3.10. The van der Waals surface area contributed by atoms with E-state index in [1.165, 1.54) is 0 Å². The molecule has 0 atom stereocenters. The fourth-order valence-electron chi connectivity index (χ4n) is 2.31. The van der Waals surface area contributed by atoms with Crippen molar-refractivity contribution >= 4 is 18.0 Å². The van der Waals surface area contributed by atoms with Crippen LogP contribution in [0.25, 0.3) is 17.6 Å². The number of hydrogen-bond donors (Lipinski definition) is 1. The molecule has 1 N–H and O–H groups in total. The van der Waals surface area contributed by atoms with Crippen LogP contribution in [-0.2, 0) is 21.9 Å². The minimum atomic E-state index is -5.00. The Labute approximate surface area is 158 Å². The number of β-lactam (4-membered cyclic amide) rings is 1. The van der Waals surface area contributed by atoms with Gasteiger partial charge in [-0.2, -0.15) is 26.3 Å². The van der Waals surface area contributed by atoms with E-state index in [1.54, 1.807) is 0 Å². The van der Waals surface area contributed by atoms with Crippen LogP contribution < -0.4 is 5.43 Å². The van der Waals surface area contributed by atoms with Crippen LogP contribution in [0.2, 0.25) is 0 Å². The molecule has 0 bridgehead atoms. The van der Waals surface area contributed by atoms with Crippen LogP contribution in [0.1, 0.15) is 17.5 Å². The number of hydrogen-bond acceptors (Lipinski definition) is 4. The number of carbonyl (C=O) groups is 2. The molecule has 2 amide bonds. The van der Waals surface area contributed by atoms with Gasteiger partial charge in [0.2, 0.25) is 5.91 Å². The molecule has 3 rings (SSSR count). The van der Waals surface area contributed by atoms with Crippen LogP contribution in [-0.4, -0.2) is 38.1 Å².